The van der Waals surface area contributed by atoms with Crippen LogP contribution in [-0.2, 0) is 14.3 Å². The standard InChI is InChI=1S/C22H40O4/c1-3-5-7-9-10-11-12-14-16-18-22(25)26-20(19-21(23)24)17-15-13-8-6-4-2/h11-12,20H,3-10,13-19H2,1-2H3,(H,23,24)/b12-11-. The predicted octanol–water partition coefficient (Wildman–Crippen LogP) is 6.43. The number of carboxylic acids is 1. The molecule has 0 radical (unpaired) electrons. The van der Waals surface area contributed by atoms with Crippen LogP contribution in [0.5, 0.6) is 0 Å². The van der Waals surface area contributed by atoms with Gasteiger partial charge in [0, 0.05) is 6.42 Å². The molecule has 1 atom stereocenters. The highest BCUT2D eigenvalue weighted by Gasteiger charge is 2.17. The van der Waals surface area contributed by atoms with Crippen molar-refractivity contribution in [1.29, 1.82) is 0 Å². The van der Waals surface area contributed by atoms with Crippen LogP contribution in [0.4, 0.5) is 0 Å². The Labute approximate surface area is 160 Å². The minimum Gasteiger partial charge on any atom is -0.481 e. The summed E-state index contributed by atoms with van der Waals surface area (Å²) in [7, 11) is 0. The Morgan fingerprint density at radius 1 is 0.846 bits per heavy atom. The summed E-state index contributed by atoms with van der Waals surface area (Å²) in [4.78, 5) is 22.9. The molecule has 1 unspecified atom stereocenters. The summed E-state index contributed by atoms with van der Waals surface area (Å²) in [5.74, 6) is -1.16. The number of aliphatic carboxylic acids is 1. The van der Waals surface area contributed by atoms with E-state index in [0.29, 0.717) is 12.8 Å². The van der Waals surface area contributed by atoms with Crippen molar-refractivity contribution in [1.82, 2.24) is 0 Å². The first kappa shape index (κ1) is 24.7. The average molecular weight is 369 g/mol. The van der Waals surface area contributed by atoms with Crippen molar-refractivity contribution >= 4 is 11.9 Å². The summed E-state index contributed by atoms with van der Waals surface area (Å²) in [6.45, 7) is 4.37. The topological polar surface area (TPSA) is 63.6 Å². The highest BCUT2D eigenvalue weighted by molar-refractivity contribution is 5.71. The van der Waals surface area contributed by atoms with Crippen molar-refractivity contribution in [2.45, 2.75) is 116 Å². The number of hydrogen-bond acceptors (Lipinski definition) is 3. The van der Waals surface area contributed by atoms with Crippen LogP contribution in [0.2, 0.25) is 0 Å². The van der Waals surface area contributed by atoms with Crippen molar-refractivity contribution < 1.29 is 19.4 Å². The molecule has 0 aliphatic carbocycles. The van der Waals surface area contributed by atoms with Gasteiger partial charge in [0.15, 0.2) is 0 Å². The van der Waals surface area contributed by atoms with Gasteiger partial charge in [0.2, 0.25) is 0 Å². The van der Waals surface area contributed by atoms with Crippen molar-refractivity contribution in [3.8, 4) is 0 Å². The summed E-state index contributed by atoms with van der Waals surface area (Å²) >= 11 is 0. The molecule has 0 saturated carbocycles. The van der Waals surface area contributed by atoms with Gasteiger partial charge in [-0.05, 0) is 38.5 Å². The van der Waals surface area contributed by atoms with Crippen LogP contribution in [0, 0.1) is 0 Å². The smallest absolute Gasteiger partial charge is 0.307 e. The van der Waals surface area contributed by atoms with E-state index < -0.39 is 12.1 Å². The molecule has 0 aromatic rings. The molecule has 0 bridgehead atoms. The highest BCUT2D eigenvalue weighted by Crippen LogP contribution is 2.14. The molecule has 0 amide bonds. The van der Waals surface area contributed by atoms with E-state index in [-0.39, 0.29) is 12.4 Å². The van der Waals surface area contributed by atoms with E-state index in [1.807, 2.05) is 0 Å². The van der Waals surface area contributed by atoms with Gasteiger partial charge in [0.05, 0.1) is 6.42 Å². The fourth-order valence-electron chi connectivity index (χ4n) is 2.91. The van der Waals surface area contributed by atoms with Crippen LogP contribution < -0.4 is 0 Å². The molecule has 4 nitrogen and oxygen atoms in total. The normalized spacial score (nSPS) is 12.4. The first-order valence-electron chi connectivity index (χ1n) is 10.7. The van der Waals surface area contributed by atoms with Crippen LogP contribution in [0.3, 0.4) is 0 Å². The number of carboxylic acid groups (broad SMARTS) is 1. The molecule has 0 aliphatic heterocycles. The summed E-state index contributed by atoms with van der Waals surface area (Å²) in [5.41, 5.74) is 0. The average Bonchev–Trinajstić information content (AvgIpc) is 2.59. The quantitative estimate of drug-likeness (QED) is 0.172. The lowest BCUT2D eigenvalue weighted by Crippen LogP contribution is -2.21. The lowest BCUT2D eigenvalue weighted by atomic mass is 10.1. The molecule has 26 heavy (non-hydrogen) atoms. The van der Waals surface area contributed by atoms with Crippen LogP contribution in [0.25, 0.3) is 0 Å². The lowest BCUT2D eigenvalue weighted by molar-refractivity contribution is -0.153. The largest absolute Gasteiger partial charge is 0.481 e. The number of allylic oxidation sites excluding steroid dienone is 2. The highest BCUT2D eigenvalue weighted by atomic mass is 16.5. The van der Waals surface area contributed by atoms with Crippen molar-refractivity contribution in [3.63, 3.8) is 0 Å². The predicted molar refractivity (Wildman–Crippen MR) is 107 cm³/mol. The van der Waals surface area contributed by atoms with E-state index >= 15 is 0 Å². The van der Waals surface area contributed by atoms with Gasteiger partial charge in [0.25, 0.3) is 0 Å². The van der Waals surface area contributed by atoms with Crippen molar-refractivity contribution in [3.05, 3.63) is 12.2 Å². The van der Waals surface area contributed by atoms with Crippen molar-refractivity contribution in [2.24, 2.45) is 0 Å². The second-order valence-corrected chi connectivity index (χ2v) is 7.13. The zero-order valence-corrected chi connectivity index (χ0v) is 17.0. The van der Waals surface area contributed by atoms with Gasteiger partial charge in [0.1, 0.15) is 6.10 Å². The van der Waals surface area contributed by atoms with E-state index in [9.17, 15) is 9.59 Å². The Morgan fingerprint density at radius 3 is 2.04 bits per heavy atom. The first-order valence-corrected chi connectivity index (χ1v) is 10.7. The van der Waals surface area contributed by atoms with E-state index in [1.54, 1.807) is 0 Å². The summed E-state index contributed by atoms with van der Waals surface area (Å²) in [6.07, 6.45) is 18.2. The van der Waals surface area contributed by atoms with Gasteiger partial charge in [-0.1, -0.05) is 70.9 Å². The third kappa shape index (κ3) is 17.5. The van der Waals surface area contributed by atoms with Crippen LogP contribution in [-0.4, -0.2) is 23.1 Å². The molecule has 4 heteroatoms. The SMILES string of the molecule is CCCCCC/C=C\CCCC(=O)OC(CCCCCCC)CC(=O)O. The zero-order valence-electron chi connectivity index (χ0n) is 17.0. The maximum atomic E-state index is 11.9. The molecular weight excluding hydrogens is 328 g/mol. The molecular formula is C22H40O4. The molecule has 152 valence electrons. The Hall–Kier alpha value is -1.32. The monoisotopic (exact) mass is 368 g/mol. The van der Waals surface area contributed by atoms with Crippen LogP contribution in [0.1, 0.15) is 110 Å². The number of ether oxygens (including phenoxy) is 1. The molecule has 0 spiro atoms. The number of esters is 1. The van der Waals surface area contributed by atoms with Gasteiger partial charge < -0.3 is 9.84 Å². The summed E-state index contributed by atoms with van der Waals surface area (Å²) in [6, 6.07) is 0. The molecule has 0 saturated heterocycles. The van der Waals surface area contributed by atoms with Gasteiger partial charge in [-0.25, -0.2) is 0 Å². The number of carbonyl (C=O) groups excluding carboxylic acids is 1. The number of rotatable bonds is 18. The first-order chi connectivity index (χ1) is 12.6. The van der Waals surface area contributed by atoms with E-state index in [0.717, 1.165) is 38.5 Å². The number of hydrogen-bond donors (Lipinski definition) is 1. The molecule has 1 N–H and O–H groups in total. The molecule has 0 heterocycles. The molecule has 0 fully saturated rings. The molecule has 0 rings (SSSR count). The minimum atomic E-state index is -0.901. The fraction of sp³-hybridized carbons (Fsp3) is 0.818. The van der Waals surface area contributed by atoms with Gasteiger partial charge in [-0.3, -0.25) is 9.59 Å². The third-order valence-electron chi connectivity index (χ3n) is 4.47. The van der Waals surface area contributed by atoms with E-state index in [2.05, 4.69) is 26.0 Å². The fourth-order valence-corrected chi connectivity index (χ4v) is 2.91. The second-order valence-electron chi connectivity index (χ2n) is 7.13. The lowest BCUT2D eigenvalue weighted by Gasteiger charge is -2.16. The number of unbranched alkanes of at least 4 members (excludes halogenated alkanes) is 9. The molecule has 0 aromatic heterocycles. The Bertz CT molecular complexity index is 376. The Balaban J connectivity index is 3.86. The third-order valence-corrected chi connectivity index (χ3v) is 4.47. The summed E-state index contributed by atoms with van der Waals surface area (Å²) < 4.78 is 5.40. The Kier molecular flexibility index (Phi) is 17.5. The van der Waals surface area contributed by atoms with Gasteiger partial charge in [-0.15, -0.1) is 0 Å². The van der Waals surface area contributed by atoms with Gasteiger partial charge >= 0.3 is 11.9 Å². The van der Waals surface area contributed by atoms with E-state index in [4.69, 9.17) is 9.84 Å². The number of carbonyl (C=O) groups is 2. The second kappa shape index (κ2) is 18.5. The zero-order chi connectivity index (χ0) is 19.5. The van der Waals surface area contributed by atoms with Gasteiger partial charge in [-0.2, -0.15) is 0 Å². The van der Waals surface area contributed by atoms with Crippen LogP contribution >= 0.6 is 0 Å². The minimum absolute atomic E-state index is 0.0861. The maximum Gasteiger partial charge on any atom is 0.307 e. The van der Waals surface area contributed by atoms with Crippen molar-refractivity contribution in [2.75, 3.05) is 0 Å². The summed E-state index contributed by atoms with van der Waals surface area (Å²) in [5, 5.41) is 8.99. The molecule has 0 aromatic carbocycles. The molecule has 0 aliphatic rings. The van der Waals surface area contributed by atoms with E-state index in [1.165, 1.54) is 38.5 Å². The Morgan fingerprint density at radius 2 is 1.42 bits per heavy atom. The maximum absolute atomic E-state index is 11.9. The van der Waals surface area contributed by atoms with Crippen LogP contribution in [0.15, 0.2) is 12.2 Å².